The highest BCUT2D eigenvalue weighted by molar-refractivity contribution is 6.74. The van der Waals surface area contributed by atoms with Gasteiger partial charge in [-0.1, -0.05) is 26.8 Å². The average molecular weight is 613 g/mol. The van der Waals surface area contributed by atoms with Crippen LogP contribution < -0.4 is 0 Å². The molecule has 0 aliphatic rings. The first-order valence-electron chi connectivity index (χ1n) is 14.8. The lowest BCUT2D eigenvalue weighted by Gasteiger charge is -2.36. The summed E-state index contributed by atoms with van der Waals surface area (Å²) < 4.78 is 60.5. The summed E-state index contributed by atoms with van der Waals surface area (Å²) in [4.78, 5) is 0. The topological polar surface area (TPSA) is 102 Å². The summed E-state index contributed by atoms with van der Waals surface area (Å²) in [6.07, 6.45) is 1.71. The molecule has 11 nitrogen and oxygen atoms in total. The van der Waals surface area contributed by atoms with Crippen molar-refractivity contribution in [2.45, 2.75) is 38.9 Å². The van der Waals surface area contributed by atoms with E-state index < -0.39 is 8.32 Å². The maximum atomic E-state index is 6.07. The normalized spacial score (nSPS) is 12.3. The summed E-state index contributed by atoms with van der Waals surface area (Å²) in [5.74, 6) is 0. The molecule has 246 valence electrons. The highest BCUT2D eigenvalue weighted by Crippen LogP contribution is 2.36. The Labute approximate surface area is 250 Å². The van der Waals surface area contributed by atoms with Gasteiger partial charge in [0, 0.05) is 0 Å². The minimum absolute atomic E-state index is 0.220. The van der Waals surface area contributed by atoms with E-state index in [-0.39, 0.29) is 5.04 Å². The SMILES string of the molecule is C=CCOCCOCCOCCOCCOCCOCCOCCOCCOCCOCCO[Si](C)(C)C(C)(C)C. The molecule has 0 aromatic heterocycles. The first-order valence-corrected chi connectivity index (χ1v) is 17.7. The molecular formula is C29H60O11Si. The second-order valence-corrected chi connectivity index (χ2v) is 15.3. The second-order valence-electron chi connectivity index (χ2n) is 10.5. The Hall–Kier alpha value is -0.483. The minimum Gasteiger partial charge on any atom is -0.414 e. The smallest absolute Gasteiger partial charge is 0.192 e. The zero-order valence-corrected chi connectivity index (χ0v) is 27.6. The summed E-state index contributed by atoms with van der Waals surface area (Å²) in [7, 11) is -1.69. The van der Waals surface area contributed by atoms with E-state index >= 15 is 0 Å². The Morgan fingerprint density at radius 2 is 0.634 bits per heavy atom. The van der Waals surface area contributed by atoms with Gasteiger partial charge >= 0.3 is 0 Å². The highest BCUT2D eigenvalue weighted by Gasteiger charge is 2.36. The van der Waals surface area contributed by atoms with Crippen LogP contribution in [-0.4, -0.2) is 147 Å². The van der Waals surface area contributed by atoms with Crippen molar-refractivity contribution in [3.8, 4) is 0 Å². The highest BCUT2D eigenvalue weighted by atomic mass is 28.4. The molecule has 0 spiro atoms. The summed E-state index contributed by atoms with van der Waals surface area (Å²) in [5.41, 5.74) is 0. The fourth-order valence-electron chi connectivity index (χ4n) is 2.72. The summed E-state index contributed by atoms with van der Waals surface area (Å²) >= 11 is 0. The molecule has 0 amide bonds. The van der Waals surface area contributed by atoms with E-state index in [1.54, 1.807) is 6.08 Å². The third kappa shape index (κ3) is 29.4. The molecule has 0 aromatic rings. The molecule has 0 fully saturated rings. The summed E-state index contributed by atoms with van der Waals surface area (Å²) in [6, 6.07) is 0. The predicted molar refractivity (Wildman–Crippen MR) is 162 cm³/mol. The van der Waals surface area contributed by atoms with Gasteiger partial charge in [0.1, 0.15) is 0 Å². The van der Waals surface area contributed by atoms with Crippen LogP contribution in [0.2, 0.25) is 18.1 Å². The van der Waals surface area contributed by atoms with E-state index in [1.165, 1.54) is 0 Å². The Kier molecular flexibility index (Phi) is 29.2. The number of ether oxygens (including phenoxy) is 10. The minimum atomic E-state index is -1.69. The molecule has 0 heterocycles. The van der Waals surface area contributed by atoms with Gasteiger partial charge in [0.05, 0.1) is 139 Å². The maximum Gasteiger partial charge on any atom is 0.192 e. The molecule has 0 aliphatic heterocycles. The van der Waals surface area contributed by atoms with Crippen molar-refractivity contribution in [2.75, 3.05) is 139 Å². The molecule has 0 aromatic carbocycles. The van der Waals surface area contributed by atoms with Crippen LogP contribution in [0.1, 0.15) is 20.8 Å². The van der Waals surface area contributed by atoms with Crippen LogP contribution in [0, 0.1) is 0 Å². The molecule has 0 radical (unpaired) electrons. The zero-order chi connectivity index (χ0) is 30.3. The molecule has 0 atom stereocenters. The van der Waals surface area contributed by atoms with Gasteiger partial charge in [0.15, 0.2) is 8.32 Å². The van der Waals surface area contributed by atoms with Crippen molar-refractivity contribution in [3.63, 3.8) is 0 Å². The first kappa shape index (κ1) is 40.5. The average Bonchev–Trinajstić information content (AvgIpc) is 2.93. The summed E-state index contributed by atoms with van der Waals surface area (Å²) in [6.45, 7) is 26.2. The van der Waals surface area contributed by atoms with Gasteiger partial charge in [-0.3, -0.25) is 0 Å². The Morgan fingerprint density at radius 1 is 0.415 bits per heavy atom. The van der Waals surface area contributed by atoms with Crippen molar-refractivity contribution < 1.29 is 51.8 Å². The molecule has 41 heavy (non-hydrogen) atoms. The van der Waals surface area contributed by atoms with E-state index in [0.29, 0.717) is 139 Å². The van der Waals surface area contributed by atoms with Gasteiger partial charge in [-0.15, -0.1) is 6.58 Å². The van der Waals surface area contributed by atoms with Crippen LogP contribution in [0.3, 0.4) is 0 Å². The Bertz CT molecular complexity index is 547. The monoisotopic (exact) mass is 612 g/mol. The molecule has 0 saturated heterocycles. The molecular weight excluding hydrogens is 552 g/mol. The standard InChI is InChI=1S/C29H60O11Si/c1-7-8-30-9-10-31-11-12-32-13-14-33-15-16-34-17-18-35-19-20-36-21-22-37-23-24-38-25-26-39-27-28-40-41(5,6)29(2,3)4/h7H,1,8-28H2,2-6H3. The third-order valence-corrected chi connectivity index (χ3v) is 10.6. The van der Waals surface area contributed by atoms with E-state index in [4.69, 9.17) is 51.8 Å². The molecule has 0 aliphatic carbocycles. The van der Waals surface area contributed by atoms with E-state index in [1.807, 2.05) is 0 Å². The second kappa shape index (κ2) is 29.6. The van der Waals surface area contributed by atoms with E-state index in [2.05, 4.69) is 40.4 Å². The quantitative estimate of drug-likeness (QED) is 0.0620. The largest absolute Gasteiger partial charge is 0.414 e. The van der Waals surface area contributed by atoms with Gasteiger partial charge in [0.25, 0.3) is 0 Å². The van der Waals surface area contributed by atoms with Crippen LogP contribution in [0.5, 0.6) is 0 Å². The van der Waals surface area contributed by atoms with Crippen LogP contribution in [0.4, 0.5) is 0 Å². The van der Waals surface area contributed by atoms with Gasteiger partial charge < -0.3 is 51.8 Å². The van der Waals surface area contributed by atoms with Crippen molar-refractivity contribution in [1.29, 1.82) is 0 Å². The van der Waals surface area contributed by atoms with Crippen LogP contribution in [0.25, 0.3) is 0 Å². The number of rotatable bonds is 33. The molecule has 0 unspecified atom stereocenters. The lowest BCUT2D eigenvalue weighted by molar-refractivity contribution is -0.0265. The molecule has 0 saturated carbocycles. The molecule has 0 bridgehead atoms. The molecule has 0 rings (SSSR count). The molecule has 0 N–H and O–H groups in total. The van der Waals surface area contributed by atoms with Crippen LogP contribution >= 0.6 is 0 Å². The summed E-state index contributed by atoms with van der Waals surface area (Å²) in [5, 5.41) is 0.220. The van der Waals surface area contributed by atoms with Gasteiger partial charge in [-0.05, 0) is 18.1 Å². The maximum absolute atomic E-state index is 6.07. The Balaban J connectivity index is 3.12. The van der Waals surface area contributed by atoms with Gasteiger partial charge in [-0.2, -0.15) is 0 Å². The van der Waals surface area contributed by atoms with Gasteiger partial charge in [-0.25, -0.2) is 0 Å². The Morgan fingerprint density at radius 3 is 0.854 bits per heavy atom. The van der Waals surface area contributed by atoms with E-state index in [0.717, 1.165) is 0 Å². The number of hydrogen-bond acceptors (Lipinski definition) is 11. The van der Waals surface area contributed by atoms with Crippen molar-refractivity contribution in [1.82, 2.24) is 0 Å². The zero-order valence-electron chi connectivity index (χ0n) is 26.6. The number of hydrogen-bond donors (Lipinski definition) is 0. The van der Waals surface area contributed by atoms with Crippen LogP contribution in [-0.2, 0) is 51.8 Å². The van der Waals surface area contributed by atoms with Crippen molar-refractivity contribution >= 4 is 8.32 Å². The fourth-order valence-corrected chi connectivity index (χ4v) is 3.74. The predicted octanol–water partition coefficient (Wildman–Crippen LogP) is 3.36. The van der Waals surface area contributed by atoms with E-state index in [9.17, 15) is 0 Å². The van der Waals surface area contributed by atoms with Crippen molar-refractivity contribution in [2.24, 2.45) is 0 Å². The third-order valence-electron chi connectivity index (χ3n) is 6.08. The first-order chi connectivity index (χ1) is 19.8. The lowest BCUT2D eigenvalue weighted by Crippen LogP contribution is -2.41. The molecule has 12 heteroatoms. The van der Waals surface area contributed by atoms with Gasteiger partial charge in [0.2, 0.25) is 0 Å². The van der Waals surface area contributed by atoms with Crippen LogP contribution in [0.15, 0.2) is 12.7 Å². The fraction of sp³-hybridized carbons (Fsp3) is 0.931. The lowest BCUT2D eigenvalue weighted by atomic mass is 10.2. The van der Waals surface area contributed by atoms with Crippen molar-refractivity contribution in [3.05, 3.63) is 12.7 Å².